The Morgan fingerprint density at radius 2 is 1.97 bits per heavy atom. The number of halogens is 1. The number of nitrogens with one attached hydrogen (secondary N) is 2. The van der Waals surface area contributed by atoms with Crippen molar-refractivity contribution in [2.75, 3.05) is 34.9 Å². The van der Waals surface area contributed by atoms with Crippen LogP contribution in [0.15, 0.2) is 36.4 Å². The fourth-order valence-electron chi connectivity index (χ4n) is 3.55. The van der Waals surface area contributed by atoms with Crippen molar-refractivity contribution >= 4 is 47.0 Å². The van der Waals surface area contributed by atoms with Crippen molar-refractivity contribution in [2.45, 2.75) is 32.7 Å². The number of rotatable bonds is 5. The average molecular weight is 419 g/mol. The van der Waals surface area contributed by atoms with Crippen LogP contribution in [0.25, 0.3) is 0 Å². The van der Waals surface area contributed by atoms with Crippen LogP contribution < -0.4 is 26.0 Å². The highest BCUT2D eigenvalue weighted by atomic mass is 35.5. The number of hydrogen-bond acceptors (Lipinski definition) is 5. The molecule has 29 heavy (non-hydrogen) atoms. The zero-order valence-electron chi connectivity index (χ0n) is 16.8. The summed E-state index contributed by atoms with van der Waals surface area (Å²) in [6.07, 6.45) is 1.86. The van der Waals surface area contributed by atoms with E-state index in [0.717, 1.165) is 36.3 Å². The second kappa shape index (κ2) is 9.52. The van der Waals surface area contributed by atoms with Crippen molar-refractivity contribution in [3.63, 3.8) is 0 Å². The molecule has 2 aromatic rings. The van der Waals surface area contributed by atoms with Crippen LogP contribution in [0, 0.1) is 0 Å². The number of anilines is 4. The number of carbonyl (C=O) groups excluding carboxylic acids is 2. The van der Waals surface area contributed by atoms with Gasteiger partial charge in [-0.25, -0.2) is 0 Å². The predicted molar refractivity (Wildman–Crippen MR) is 119 cm³/mol. The molecule has 156 valence electrons. The summed E-state index contributed by atoms with van der Waals surface area (Å²) >= 11 is 0. The number of benzene rings is 2. The van der Waals surface area contributed by atoms with Crippen molar-refractivity contribution in [3.05, 3.63) is 42.0 Å². The SMILES string of the molecule is COc1ccc(NC(C)=O)cc1NC(=O)C(C)N1CCCc2c(N)cccc21.Cl. The average Bonchev–Trinajstić information content (AvgIpc) is 2.67. The molecule has 2 amide bonds. The van der Waals surface area contributed by atoms with E-state index in [4.69, 9.17) is 10.5 Å². The maximum Gasteiger partial charge on any atom is 0.246 e. The molecule has 0 bridgehead atoms. The molecule has 1 heterocycles. The molecule has 1 aliphatic heterocycles. The van der Waals surface area contributed by atoms with Crippen molar-refractivity contribution in [3.8, 4) is 5.75 Å². The van der Waals surface area contributed by atoms with Crippen LogP contribution in [0.4, 0.5) is 22.7 Å². The number of ether oxygens (including phenoxy) is 1. The largest absolute Gasteiger partial charge is 0.495 e. The van der Waals surface area contributed by atoms with Gasteiger partial charge in [0.15, 0.2) is 0 Å². The molecule has 0 aromatic heterocycles. The van der Waals surface area contributed by atoms with E-state index in [1.54, 1.807) is 18.2 Å². The van der Waals surface area contributed by atoms with Crippen LogP contribution in [-0.4, -0.2) is 31.5 Å². The molecule has 0 fully saturated rings. The van der Waals surface area contributed by atoms with Gasteiger partial charge < -0.3 is 26.0 Å². The maximum atomic E-state index is 13.0. The van der Waals surface area contributed by atoms with Crippen molar-refractivity contribution in [1.29, 1.82) is 0 Å². The normalized spacial score (nSPS) is 13.6. The highest BCUT2D eigenvalue weighted by molar-refractivity contribution is 5.99. The smallest absolute Gasteiger partial charge is 0.246 e. The Morgan fingerprint density at radius 1 is 1.21 bits per heavy atom. The first-order valence-corrected chi connectivity index (χ1v) is 9.31. The minimum atomic E-state index is -0.394. The van der Waals surface area contributed by atoms with Gasteiger partial charge in [0.1, 0.15) is 11.8 Å². The summed E-state index contributed by atoms with van der Waals surface area (Å²) in [4.78, 5) is 26.4. The lowest BCUT2D eigenvalue weighted by Crippen LogP contribution is -2.44. The van der Waals surface area contributed by atoms with Crippen molar-refractivity contribution in [2.24, 2.45) is 0 Å². The van der Waals surface area contributed by atoms with E-state index in [1.165, 1.54) is 14.0 Å². The lowest BCUT2D eigenvalue weighted by atomic mass is 9.98. The number of nitrogens with zero attached hydrogens (tertiary/aromatic N) is 1. The summed E-state index contributed by atoms with van der Waals surface area (Å²) < 4.78 is 5.35. The minimum absolute atomic E-state index is 0. The topological polar surface area (TPSA) is 96.7 Å². The summed E-state index contributed by atoms with van der Waals surface area (Å²) in [5, 5.41) is 5.64. The van der Waals surface area contributed by atoms with E-state index in [2.05, 4.69) is 15.5 Å². The monoisotopic (exact) mass is 418 g/mol. The van der Waals surface area contributed by atoms with E-state index < -0.39 is 6.04 Å². The van der Waals surface area contributed by atoms with Crippen molar-refractivity contribution in [1.82, 2.24) is 0 Å². The summed E-state index contributed by atoms with van der Waals surface area (Å²) in [5.74, 6) is 0.185. The summed E-state index contributed by atoms with van der Waals surface area (Å²) in [5.41, 5.74) is 10.1. The van der Waals surface area contributed by atoms with Crippen LogP contribution >= 0.6 is 12.4 Å². The Morgan fingerprint density at radius 3 is 2.66 bits per heavy atom. The Bertz CT molecular complexity index is 903. The van der Waals surface area contributed by atoms with Gasteiger partial charge in [0, 0.05) is 30.5 Å². The number of amides is 2. The van der Waals surface area contributed by atoms with E-state index in [0.29, 0.717) is 17.1 Å². The molecular weight excluding hydrogens is 392 g/mol. The molecule has 8 heteroatoms. The summed E-state index contributed by atoms with van der Waals surface area (Å²) in [6, 6.07) is 10.5. The third-order valence-electron chi connectivity index (χ3n) is 4.95. The van der Waals surface area contributed by atoms with Gasteiger partial charge in [-0.1, -0.05) is 6.07 Å². The standard InChI is InChI=1S/C21H26N4O3.ClH/c1-13(25-11-5-6-16-17(22)7-4-8-19(16)25)21(27)24-18-12-15(23-14(2)26)9-10-20(18)28-3;/h4,7-10,12-13H,5-6,11,22H2,1-3H3,(H,23,26)(H,24,27);1H. The quantitative estimate of drug-likeness (QED) is 0.646. The molecule has 0 aliphatic carbocycles. The number of hydrogen-bond donors (Lipinski definition) is 3. The summed E-state index contributed by atoms with van der Waals surface area (Å²) in [6.45, 7) is 4.09. The van der Waals surface area contributed by atoms with Gasteiger partial charge in [-0.3, -0.25) is 9.59 Å². The van der Waals surface area contributed by atoms with Gasteiger partial charge in [-0.05, 0) is 55.7 Å². The molecular formula is C21H27ClN4O3. The minimum Gasteiger partial charge on any atom is -0.495 e. The molecule has 4 N–H and O–H groups in total. The van der Waals surface area contributed by atoms with Crippen LogP contribution in [0.3, 0.4) is 0 Å². The zero-order chi connectivity index (χ0) is 20.3. The lowest BCUT2D eigenvalue weighted by molar-refractivity contribution is -0.117. The first kappa shape index (κ1) is 22.4. The molecule has 3 rings (SSSR count). The second-order valence-electron chi connectivity index (χ2n) is 6.90. The fraction of sp³-hybridized carbons (Fsp3) is 0.333. The highest BCUT2D eigenvalue weighted by Gasteiger charge is 2.27. The summed E-state index contributed by atoms with van der Waals surface area (Å²) in [7, 11) is 1.54. The van der Waals surface area contributed by atoms with Gasteiger partial charge in [0.25, 0.3) is 0 Å². The van der Waals surface area contributed by atoms with Crippen LogP contribution in [0.5, 0.6) is 5.75 Å². The van der Waals surface area contributed by atoms with E-state index in [1.807, 2.05) is 25.1 Å². The number of nitrogen functional groups attached to an aromatic ring is 1. The van der Waals surface area contributed by atoms with Crippen LogP contribution in [0.2, 0.25) is 0 Å². The van der Waals surface area contributed by atoms with E-state index >= 15 is 0 Å². The molecule has 0 saturated carbocycles. The van der Waals surface area contributed by atoms with E-state index in [-0.39, 0.29) is 24.2 Å². The van der Waals surface area contributed by atoms with Gasteiger partial charge in [-0.2, -0.15) is 0 Å². The lowest BCUT2D eigenvalue weighted by Gasteiger charge is -2.36. The second-order valence-corrected chi connectivity index (χ2v) is 6.90. The Balaban J connectivity index is 0.00000300. The Kier molecular flexibility index (Phi) is 7.34. The molecule has 1 unspecified atom stereocenters. The number of fused-ring (bicyclic) bond motifs is 1. The van der Waals surface area contributed by atoms with Gasteiger partial charge in [0.05, 0.1) is 12.8 Å². The third kappa shape index (κ3) is 4.92. The van der Waals surface area contributed by atoms with Crippen LogP contribution in [0.1, 0.15) is 25.8 Å². The Hall–Kier alpha value is -2.93. The molecule has 0 saturated heterocycles. The molecule has 1 aliphatic rings. The first-order chi connectivity index (χ1) is 13.4. The highest BCUT2D eigenvalue weighted by Crippen LogP contribution is 2.33. The van der Waals surface area contributed by atoms with Crippen LogP contribution in [-0.2, 0) is 16.0 Å². The fourth-order valence-corrected chi connectivity index (χ4v) is 3.55. The molecule has 1 atom stereocenters. The molecule has 2 aromatic carbocycles. The zero-order valence-corrected chi connectivity index (χ0v) is 17.6. The Labute approximate surface area is 177 Å². The van der Waals surface area contributed by atoms with Gasteiger partial charge in [0.2, 0.25) is 11.8 Å². The number of carbonyl (C=O) groups is 2. The van der Waals surface area contributed by atoms with Gasteiger partial charge >= 0.3 is 0 Å². The number of methoxy groups -OCH3 is 1. The molecule has 0 spiro atoms. The molecule has 7 nitrogen and oxygen atoms in total. The maximum absolute atomic E-state index is 13.0. The number of nitrogens with two attached hydrogens (primary N) is 1. The van der Waals surface area contributed by atoms with E-state index in [9.17, 15) is 9.59 Å². The third-order valence-corrected chi connectivity index (χ3v) is 4.95. The van der Waals surface area contributed by atoms with Crippen molar-refractivity contribution < 1.29 is 14.3 Å². The van der Waals surface area contributed by atoms with Gasteiger partial charge in [-0.15, -0.1) is 12.4 Å². The predicted octanol–water partition coefficient (Wildman–Crippen LogP) is 3.44. The molecule has 0 radical (unpaired) electrons. The first-order valence-electron chi connectivity index (χ1n) is 9.31.